The summed E-state index contributed by atoms with van der Waals surface area (Å²) in [6, 6.07) is 0. The first-order chi connectivity index (χ1) is 5.22. The summed E-state index contributed by atoms with van der Waals surface area (Å²) >= 11 is 2.24. The molecule has 11 heavy (non-hydrogen) atoms. The van der Waals surface area contributed by atoms with Crippen molar-refractivity contribution in [2.45, 2.75) is 18.0 Å². The Bertz CT molecular complexity index is 182. The van der Waals surface area contributed by atoms with E-state index >= 15 is 0 Å². The molecule has 0 fully saturated rings. The summed E-state index contributed by atoms with van der Waals surface area (Å²) in [7, 11) is 0. The topological polar surface area (TPSA) is 0 Å². The minimum atomic E-state index is -1.24. The molecule has 1 aliphatic heterocycles. The van der Waals surface area contributed by atoms with Crippen molar-refractivity contribution in [1.82, 2.24) is 0 Å². The van der Waals surface area contributed by atoms with Crippen molar-refractivity contribution in [2.24, 2.45) is 5.92 Å². The van der Waals surface area contributed by atoms with Crippen LogP contribution >= 0.6 is 15.9 Å². The van der Waals surface area contributed by atoms with Crippen LogP contribution in [0.2, 0.25) is 4.18 Å². The molecule has 0 amide bonds. The first-order valence-corrected chi connectivity index (χ1v) is 11.4. The molecule has 1 rings (SSSR count). The normalized spacial score (nSPS) is 16.4. The van der Waals surface area contributed by atoms with Crippen molar-refractivity contribution >= 4 is 37.4 Å². The molecule has 0 saturated carbocycles. The Morgan fingerprint density at radius 1 is 1.55 bits per heavy atom. The summed E-state index contributed by atoms with van der Waals surface area (Å²) < 4.78 is 6.57. The van der Waals surface area contributed by atoms with Gasteiger partial charge in [-0.2, -0.15) is 0 Å². The van der Waals surface area contributed by atoms with E-state index in [4.69, 9.17) is 0 Å². The van der Waals surface area contributed by atoms with Gasteiger partial charge >= 0.3 is 86.0 Å². The first kappa shape index (κ1) is 9.91. The van der Waals surface area contributed by atoms with Crippen LogP contribution in [0.4, 0.5) is 0 Å². The zero-order valence-electron chi connectivity index (χ0n) is 7.18. The molecular formula is C9H14BrIn. The molecule has 1 aliphatic rings. The van der Waals surface area contributed by atoms with Gasteiger partial charge in [0.15, 0.2) is 0 Å². The van der Waals surface area contributed by atoms with Gasteiger partial charge in [0.1, 0.15) is 0 Å². The summed E-state index contributed by atoms with van der Waals surface area (Å²) in [5.41, 5.74) is 1.52. The molecule has 0 bridgehead atoms. The summed E-state index contributed by atoms with van der Waals surface area (Å²) in [5.74, 6) is 0.895. The molecule has 0 atom stereocenters. The average molecular weight is 317 g/mol. The molecule has 0 saturated heterocycles. The number of hydrogen-bond acceptors (Lipinski definition) is 0. The fourth-order valence-electron chi connectivity index (χ4n) is 1.41. The van der Waals surface area contributed by atoms with Crippen molar-refractivity contribution in [2.75, 3.05) is 5.33 Å². The van der Waals surface area contributed by atoms with Gasteiger partial charge in [0.2, 0.25) is 0 Å². The van der Waals surface area contributed by atoms with Crippen molar-refractivity contribution < 1.29 is 0 Å². The second-order valence-corrected chi connectivity index (χ2v) is 11.3. The molecule has 0 aromatic rings. The van der Waals surface area contributed by atoms with Crippen LogP contribution in [-0.2, 0) is 0 Å². The van der Waals surface area contributed by atoms with Gasteiger partial charge < -0.3 is 0 Å². The molecular weight excluding hydrogens is 303 g/mol. The minimum absolute atomic E-state index is 0.895. The fraction of sp³-hybridized carbons (Fsp3) is 0.556. The predicted octanol–water partition coefficient (Wildman–Crippen LogP) is 3.11. The van der Waals surface area contributed by atoms with Crippen LogP contribution in [0.5, 0.6) is 0 Å². The van der Waals surface area contributed by atoms with E-state index < -0.39 is 21.4 Å². The monoisotopic (exact) mass is 316 g/mol. The third kappa shape index (κ3) is 3.37. The van der Waals surface area contributed by atoms with Gasteiger partial charge in [-0.1, -0.05) is 0 Å². The van der Waals surface area contributed by atoms with E-state index in [0.717, 1.165) is 11.2 Å². The second kappa shape index (κ2) is 4.76. The summed E-state index contributed by atoms with van der Waals surface area (Å²) in [4.78, 5) is 0. The Morgan fingerprint density at radius 3 is 2.73 bits per heavy atom. The second-order valence-electron chi connectivity index (χ2n) is 3.53. The summed E-state index contributed by atoms with van der Waals surface area (Å²) in [5, 5.41) is 1.05. The molecule has 0 radical (unpaired) electrons. The van der Waals surface area contributed by atoms with E-state index in [0.29, 0.717) is 0 Å². The third-order valence-electron chi connectivity index (χ3n) is 1.88. The number of allylic oxidation sites excluding steroid dienone is 2. The van der Waals surface area contributed by atoms with E-state index in [1.165, 1.54) is 9.75 Å². The zero-order chi connectivity index (χ0) is 8.27. The number of hydrogen-bond donors (Lipinski definition) is 0. The number of halogens is 1. The quantitative estimate of drug-likeness (QED) is 0.702. The molecule has 0 N–H and O–H groups in total. The third-order valence-corrected chi connectivity index (χ3v) is 11.2. The van der Waals surface area contributed by atoms with Crippen molar-refractivity contribution in [3.63, 3.8) is 0 Å². The molecule has 2 heteroatoms. The maximum atomic E-state index is 3.48. The Balaban J connectivity index is 2.41. The summed E-state index contributed by atoms with van der Waals surface area (Å²) in [6.07, 6.45) is 2.32. The average Bonchev–Trinajstić information content (AvgIpc) is 2.34. The van der Waals surface area contributed by atoms with Gasteiger partial charge in [0.25, 0.3) is 0 Å². The first-order valence-electron chi connectivity index (χ1n) is 4.17. The van der Waals surface area contributed by atoms with Crippen LogP contribution in [0.15, 0.2) is 19.3 Å². The molecule has 0 aliphatic carbocycles. The van der Waals surface area contributed by atoms with Crippen molar-refractivity contribution in [1.29, 1.82) is 0 Å². The van der Waals surface area contributed by atoms with Crippen LogP contribution in [0, 0.1) is 5.92 Å². The van der Waals surface area contributed by atoms with E-state index in [1.807, 2.05) is 0 Å². The molecule has 0 unspecified atom stereocenters. The van der Waals surface area contributed by atoms with Crippen LogP contribution in [0.25, 0.3) is 0 Å². The van der Waals surface area contributed by atoms with Crippen molar-refractivity contribution in [3.05, 3.63) is 19.3 Å². The van der Waals surface area contributed by atoms with E-state index in [9.17, 15) is 0 Å². The standard InChI is InChI=1S/C5H5Br.C4H9.In/c1-3-5(2)4-6;1-4(2)3;/h1-3H,4H2;4H,1H2,2-3H3;. The fourth-order valence-corrected chi connectivity index (χ4v) is 10.7. The molecule has 0 aromatic heterocycles. The van der Waals surface area contributed by atoms with Crippen molar-refractivity contribution in [3.8, 4) is 0 Å². The van der Waals surface area contributed by atoms with Gasteiger partial charge in [-0.25, -0.2) is 0 Å². The maximum absolute atomic E-state index is 3.48. The number of alkyl halides is 1. The molecule has 0 aromatic carbocycles. The van der Waals surface area contributed by atoms with Crippen LogP contribution in [-0.4, -0.2) is 26.8 Å². The van der Waals surface area contributed by atoms with E-state index in [1.54, 1.807) is 0 Å². The van der Waals surface area contributed by atoms with Gasteiger partial charge in [-0.15, -0.1) is 0 Å². The SMILES string of the molecule is CC(C)[CH2][In]1[CH]=CC(CBr)=[CH]1. The molecule has 0 spiro atoms. The van der Waals surface area contributed by atoms with Gasteiger partial charge in [0.05, 0.1) is 0 Å². The molecule has 1 heterocycles. The Morgan fingerprint density at radius 2 is 2.27 bits per heavy atom. The predicted molar refractivity (Wildman–Crippen MR) is 56.4 cm³/mol. The molecule has 60 valence electrons. The van der Waals surface area contributed by atoms with Gasteiger partial charge in [-0.3, -0.25) is 0 Å². The zero-order valence-corrected chi connectivity index (χ0v) is 12.1. The Kier molecular flexibility index (Phi) is 4.29. The van der Waals surface area contributed by atoms with Crippen LogP contribution in [0.3, 0.4) is 0 Å². The van der Waals surface area contributed by atoms with Crippen LogP contribution < -0.4 is 0 Å². The summed E-state index contributed by atoms with van der Waals surface area (Å²) in [6.45, 7) is 4.65. The Hall–Kier alpha value is 0.830. The number of rotatable bonds is 3. The Labute approximate surface area is 85.4 Å². The van der Waals surface area contributed by atoms with Gasteiger partial charge in [-0.05, 0) is 0 Å². The van der Waals surface area contributed by atoms with E-state index in [-0.39, 0.29) is 0 Å². The van der Waals surface area contributed by atoms with E-state index in [2.05, 4.69) is 43.5 Å². The van der Waals surface area contributed by atoms with Gasteiger partial charge in [0, 0.05) is 0 Å². The molecule has 0 nitrogen and oxygen atoms in total. The van der Waals surface area contributed by atoms with Crippen LogP contribution in [0.1, 0.15) is 13.8 Å².